The molecule has 2 N–H and O–H groups in total. The van der Waals surface area contributed by atoms with Crippen LogP contribution in [0.1, 0.15) is 53.2 Å². The van der Waals surface area contributed by atoms with Crippen molar-refractivity contribution in [1.82, 2.24) is 15.5 Å². The predicted octanol–water partition coefficient (Wildman–Crippen LogP) is 2.54. The zero-order valence-electron chi connectivity index (χ0n) is 19.5. The Morgan fingerprint density at radius 2 is 1.85 bits per heavy atom. The largest absolute Gasteiger partial charge is 0.489 e. The Hall–Kier alpha value is -3.23. The summed E-state index contributed by atoms with van der Waals surface area (Å²) < 4.78 is 11.5. The van der Waals surface area contributed by atoms with Crippen LogP contribution in [0.5, 0.6) is 5.75 Å². The van der Waals surface area contributed by atoms with Gasteiger partial charge in [0.05, 0.1) is 13.2 Å². The first-order valence-electron chi connectivity index (χ1n) is 11.8. The van der Waals surface area contributed by atoms with Crippen molar-refractivity contribution in [3.05, 3.63) is 64.7 Å². The smallest absolute Gasteiger partial charge is 0.255 e. The van der Waals surface area contributed by atoms with Crippen molar-refractivity contribution in [2.24, 2.45) is 0 Å². The molecule has 2 aromatic rings. The van der Waals surface area contributed by atoms with Gasteiger partial charge in [0.15, 0.2) is 0 Å². The lowest BCUT2D eigenvalue weighted by Gasteiger charge is -2.29. The summed E-state index contributed by atoms with van der Waals surface area (Å²) in [7, 11) is 0. The third kappa shape index (κ3) is 5.63. The molecule has 1 fully saturated rings. The molecule has 180 valence electrons. The van der Waals surface area contributed by atoms with Gasteiger partial charge in [0.2, 0.25) is 11.8 Å². The molecule has 1 atom stereocenters. The van der Waals surface area contributed by atoms with E-state index in [1.54, 1.807) is 12.1 Å². The Labute approximate surface area is 199 Å². The Bertz CT molecular complexity index is 1040. The van der Waals surface area contributed by atoms with Crippen molar-refractivity contribution in [2.75, 3.05) is 19.8 Å². The number of rotatable bonds is 11. The van der Waals surface area contributed by atoms with Gasteiger partial charge in [0.1, 0.15) is 18.4 Å². The predicted molar refractivity (Wildman–Crippen MR) is 126 cm³/mol. The fourth-order valence-corrected chi connectivity index (χ4v) is 4.23. The molecule has 0 aromatic heterocycles. The summed E-state index contributed by atoms with van der Waals surface area (Å²) in [4.78, 5) is 38.2. The van der Waals surface area contributed by atoms with Gasteiger partial charge < -0.3 is 19.7 Å². The molecule has 8 nitrogen and oxygen atoms in total. The van der Waals surface area contributed by atoms with E-state index in [1.807, 2.05) is 18.2 Å². The quantitative estimate of drug-likeness (QED) is 0.391. The average Bonchev–Trinajstić information content (AvgIpc) is 3.17. The lowest BCUT2D eigenvalue weighted by molar-refractivity contribution is -0.136. The van der Waals surface area contributed by atoms with Crippen molar-refractivity contribution < 1.29 is 23.9 Å². The lowest BCUT2D eigenvalue weighted by atomic mass is 10.0. The van der Waals surface area contributed by atoms with Gasteiger partial charge in [-0.1, -0.05) is 37.3 Å². The maximum atomic E-state index is 12.9. The fraction of sp³-hybridized carbons (Fsp3) is 0.423. The van der Waals surface area contributed by atoms with Gasteiger partial charge in [-0.25, -0.2) is 0 Å². The highest BCUT2D eigenvalue weighted by Crippen LogP contribution is 2.33. The molecule has 1 saturated heterocycles. The van der Waals surface area contributed by atoms with E-state index in [9.17, 15) is 14.4 Å². The van der Waals surface area contributed by atoms with Crippen LogP contribution in [0.2, 0.25) is 0 Å². The summed E-state index contributed by atoms with van der Waals surface area (Å²) in [5, 5.41) is 5.70. The van der Waals surface area contributed by atoms with Gasteiger partial charge >= 0.3 is 0 Å². The second kappa shape index (κ2) is 11.3. The van der Waals surface area contributed by atoms with Gasteiger partial charge in [0.25, 0.3) is 5.91 Å². The van der Waals surface area contributed by atoms with Crippen molar-refractivity contribution in [3.8, 4) is 5.75 Å². The standard InChI is InChI=1S/C26H31N3O5/c1-2-13-33-14-12-27-15-18-6-8-19(9-7-18)17-34-23-5-3-4-20-21(23)16-29(26(20)32)22-10-11-24(30)28-25(22)31/h3-9,22,27H,2,10-17H2,1H3,(H,28,30,31). The first-order chi connectivity index (χ1) is 16.6. The van der Waals surface area contributed by atoms with Gasteiger partial charge in [-0.05, 0) is 36.1 Å². The van der Waals surface area contributed by atoms with Crippen molar-refractivity contribution in [2.45, 2.75) is 51.9 Å². The number of carbonyl (C=O) groups is 3. The van der Waals surface area contributed by atoms with Crippen LogP contribution >= 0.6 is 0 Å². The molecule has 0 aliphatic carbocycles. The first-order valence-corrected chi connectivity index (χ1v) is 11.8. The number of carbonyl (C=O) groups excluding carboxylic acids is 3. The molecule has 1 unspecified atom stereocenters. The molecule has 2 aromatic carbocycles. The molecule has 2 heterocycles. The number of nitrogens with one attached hydrogen (secondary N) is 2. The number of hydrogen-bond acceptors (Lipinski definition) is 6. The van der Waals surface area contributed by atoms with Crippen LogP contribution in [0, 0.1) is 0 Å². The summed E-state index contributed by atoms with van der Waals surface area (Å²) in [6, 6.07) is 13.0. The highest BCUT2D eigenvalue weighted by Gasteiger charge is 2.40. The Morgan fingerprint density at radius 3 is 2.62 bits per heavy atom. The normalized spacial score (nSPS) is 17.6. The number of piperidine rings is 1. The van der Waals surface area contributed by atoms with Gasteiger partial charge in [-0.15, -0.1) is 0 Å². The molecule has 0 radical (unpaired) electrons. The third-order valence-electron chi connectivity index (χ3n) is 6.06. The minimum absolute atomic E-state index is 0.202. The number of benzene rings is 2. The molecule has 2 aliphatic rings. The summed E-state index contributed by atoms with van der Waals surface area (Å²) in [6.45, 7) is 5.87. The van der Waals surface area contributed by atoms with Crippen LogP contribution in [0.25, 0.3) is 0 Å². The van der Waals surface area contributed by atoms with E-state index in [-0.39, 0.29) is 18.2 Å². The third-order valence-corrected chi connectivity index (χ3v) is 6.06. The number of imide groups is 1. The zero-order chi connectivity index (χ0) is 23.9. The highest BCUT2D eigenvalue weighted by atomic mass is 16.5. The SMILES string of the molecule is CCCOCCNCc1ccc(COc2cccc3c2CN(C2CCC(=O)NC2=O)C3=O)cc1. The summed E-state index contributed by atoms with van der Waals surface area (Å²) in [6.07, 6.45) is 1.61. The minimum Gasteiger partial charge on any atom is -0.489 e. The monoisotopic (exact) mass is 465 g/mol. The van der Waals surface area contributed by atoms with Gasteiger partial charge in [-0.3, -0.25) is 19.7 Å². The molecule has 8 heteroatoms. The molecule has 0 saturated carbocycles. The van der Waals surface area contributed by atoms with Crippen molar-refractivity contribution >= 4 is 17.7 Å². The Balaban J connectivity index is 1.32. The van der Waals surface area contributed by atoms with Crippen LogP contribution in [-0.4, -0.2) is 48.4 Å². The van der Waals surface area contributed by atoms with E-state index >= 15 is 0 Å². The molecule has 3 amide bonds. The van der Waals surface area contributed by atoms with E-state index < -0.39 is 11.9 Å². The zero-order valence-corrected chi connectivity index (χ0v) is 19.5. The fourth-order valence-electron chi connectivity index (χ4n) is 4.23. The van der Waals surface area contributed by atoms with Crippen LogP contribution in [0.4, 0.5) is 0 Å². The van der Waals surface area contributed by atoms with Crippen LogP contribution < -0.4 is 15.4 Å². The van der Waals surface area contributed by atoms with E-state index in [2.05, 4.69) is 29.7 Å². The van der Waals surface area contributed by atoms with E-state index in [1.165, 1.54) is 10.5 Å². The molecule has 2 aliphatic heterocycles. The molecule has 0 bridgehead atoms. The number of amides is 3. The number of hydrogen-bond donors (Lipinski definition) is 2. The topological polar surface area (TPSA) is 97.0 Å². The van der Waals surface area contributed by atoms with E-state index in [4.69, 9.17) is 9.47 Å². The highest BCUT2D eigenvalue weighted by molar-refractivity contribution is 6.05. The van der Waals surface area contributed by atoms with Crippen LogP contribution in [0.3, 0.4) is 0 Å². The molecule has 0 spiro atoms. The maximum Gasteiger partial charge on any atom is 0.255 e. The summed E-state index contributed by atoms with van der Waals surface area (Å²) in [5.74, 6) is -0.273. The van der Waals surface area contributed by atoms with Crippen LogP contribution in [0.15, 0.2) is 42.5 Å². The minimum atomic E-state index is -0.634. The van der Waals surface area contributed by atoms with Crippen molar-refractivity contribution in [1.29, 1.82) is 0 Å². The number of ether oxygens (including phenoxy) is 2. The second-order valence-corrected chi connectivity index (χ2v) is 8.58. The van der Waals surface area contributed by atoms with Crippen LogP contribution in [-0.2, 0) is 34.0 Å². The summed E-state index contributed by atoms with van der Waals surface area (Å²) in [5.41, 5.74) is 3.54. The first kappa shape index (κ1) is 23.9. The van der Waals surface area contributed by atoms with Gasteiger partial charge in [0, 0.05) is 37.2 Å². The Kier molecular flexibility index (Phi) is 7.92. The second-order valence-electron chi connectivity index (χ2n) is 8.58. The lowest BCUT2D eigenvalue weighted by Crippen LogP contribution is -2.52. The molecular weight excluding hydrogens is 434 g/mol. The van der Waals surface area contributed by atoms with Gasteiger partial charge in [-0.2, -0.15) is 0 Å². The molecular formula is C26H31N3O5. The van der Waals surface area contributed by atoms with E-state index in [0.29, 0.717) is 37.5 Å². The maximum absolute atomic E-state index is 12.9. The molecule has 34 heavy (non-hydrogen) atoms. The average molecular weight is 466 g/mol. The van der Waals surface area contributed by atoms with E-state index in [0.717, 1.165) is 37.2 Å². The van der Waals surface area contributed by atoms with Crippen molar-refractivity contribution in [3.63, 3.8) is 0 Å². The number of fused-ring (bicyclic) bond motifs is 1. The summed E-state index contributed by atoms with van der Waals surface area (Å²) >= 11 is 0. The molecule has 4 rings (SSSR count). The Morgan fingerprint density at radius 1 is 1.06 bits per heavy atom. The number of nitrogens with zero attached hydrogens (tertiary/aromatic N) is 1.